The molecule has 5 nitrogen and oxygen atoms in total. The van der Waals surface area contributed by atoms with Gasteiger partial charge in [0.25, 0.3) is 0 Å². The van der Waals surface area contributed by atoms with E-state index in [1.807, 2.05) is 0 Å². The summed E-state index contributed by atoms with van der Waals surface area (Å²) in [6, 6.07) is 0.163. The van der Waals surface area contributed by atoms with Gasteiger partial charge in [-0.1, -0.05) is 0 Å². The SMILES string of the molecule is CC1CN(CCNC2CCS(=O)(=O)C2)CCCO1. The highest BCUT2D eigenvalue weighted by molar-refractivity contribution is 7.91. The van der Waals surface area contributed by atoms with Crippen LogP contribution in [0.4, 0.5) is 0 Å². The normalized spacial score (nSPS) is 33.4. The first-order valence-electron chi connectivity index (χ1n) is 6.83. The Kier molecular flexibility index (Phi) is 5.00. The van der Waals surface area contributed by atoms with Crippen LogP contribution >= 0.6 is 0 Å². The third-order valence-electron chi connectivity index (χ3n) is 3.63. The van der Waals surface area contributed by atoms with Gasteiger partial charge in [0.2, 0.25) is 0 Å². The molecule has 18 heavy (non-hydrogen) atoms. The van der Waals surface area contributed by atoms with Gasteiger partial charge in [-0.05, 0) is 19.8 Å². The molecule has 2 saturated heterocycles. The van der Waals surface area contributed by atoms with Crippen LogP contribution in [0.2, 0.25) is 0 Å². The summed E-state index contributed by atoms with van der Waals surface area (Å²) >= 11 is 0. The van der Waals surface area contributed by atoms with Crippen molar-refractivity contribution in [3.8, 4) is 0 Å². The molecule has 0 aromatic rings. The van der Waals surface area contributed by atoms with Crippen LogP contribution in [0.3, 0.4) is 0 Å². The summed E-state index contributed by atoms with van der Waals surface area (Å²) in [7, 11) is -2.76. The summed E-state index contributed by atoms with van der Waals surface area (Å²) < 4.78 is 28.3. The maximum absolute atomic E-state index is 11.3. The molecule has 106 valence electrons. The van der Waals surface area contributed by atoms with Gasteiger partial charge in [0.05, 0.1) is 17.6 Å². The minimum atomic E-state index is -2.76. The number of nitrogens with one attached hydrogen (secondary N) is 1. The van der Waals surface area contributed by atoms with Gasteiger partial charge in [-0.15, -0.1) is 0 Å². The molecule has 2 unspecified atom stereocenters. The van der Waals surface area contributed by atoms with Gasteiger partial charge in [-0.25, -0.2) is 8.42 Å². The van der Waals surface area contributed by atoms with Crippen LogP contribution in [0.5, 0.6) is 0 Å². The van der Waals surface area contributed by atoms with E-state index in [0.29, 0.717) is 17.6 Å². The molecule has 0 amide bonds. The third-order valence-corrected chi connectivity index (χ3v) is 5.40. The van der Waals surface area contributed by atoms with Crippen LogP contribution in [-0.2, 0) is 14.6 Å². The summed E-state index contributed by atoms with van der Waals surface area (Å²) in [5, 5.41) is 3.36. The van der Waals surface area contributed by atoms with Crippen molar-refractivity contribution in [3.05, 3.63) is 0 Å². The lowest BCUT2D eigenvalue weighted by Crippen LogP contribution is -2.39. The summed E-state index contributed by atoms with van der Waals surface area (Å²) in [5.41, 5.74) is 0. The number of ether oxygens (including phenoxy) is 1. The molecular weight excluding hydrogens is 252 g/mol. The number of hydrogen-bond acceptors (Lipinski definition) is 5. The van der Waals surface area contributed by atoms with Crippen molar-refractivity contribution in [2.24, 2.45) is 0 Å². The molecule has 0 radical (unpaired) electrons. The third kappa shape index (κ3) is 4.50. The Morgan fingerprint density at radius 3 is 3.00 bits per heavy atom. The van der Waals surface area contributed by atoms with Crippen LogP contribution in [0, 0.1) is 0 Å². The summed E-state index contributed by atoms with van der Waals surface area (Å²) in [4.78, 5) is 2.40. The van der Waals surface area contributed by atoms with E-state index in [2.05, 4.69) is 17.1 Å². The van der Waals surface area contributed by atoms with E-state index in [0.717, 1.165) is 45.6 Å². The Morgan fingerprint density at radius 2 is 2.28 bits per heavy atom. The number of nitrogens with zero attached hydrogens (tertiary/aromatic N) is 1. The van der Waals surface area contributed by atoms with Gasteiger partial charge in [-0.2, -0.15) is 0 Å². The predicted octanol–water partition coefficient (Wildman–Crippen LogP) is -0.126. The first kappa shape index (κ1) is 14.2. The monoisotopic (exact) mass is 276 g/mol. The lowest BCUT2D eigenvalue weighted by molar-refractivity contribution is 0.0678. The molecule has 0 bridgehead atoms. The van der Waals surface area contributed by atoms with Crippen molar-refractivity contribution in [1.82, 2.24) is 10.2 Å². The van der Waals surface area contributed by atoms with Crippen LogP contribution < -0.4 is 5.32 Å². The van der Waals surface area contributed by atoms with E-state index in [4.69, 9.17) is 4.74 Å². The van der Waals surface area contributed by atoms with Gasteiger partial charge < -0.3 is 10.1 Å². The highest BCUT2D eigenvalue weighted by atomic mass is 32.2. The minimum absolute atomic E-state index is 0.163. The zero-order chi connectivity index (χ0) is 13.0. The molecule has 0 aliphatic carbocycles. The van der Waals surface area contributed by atoms with Crippen LogP contribution in [-0.4, -0.2) is 69.8 Å². The lowest BCUT2D eigenvalue weighted by Gasteiger charge is -2.22. The largest absolute Gasteiger partial charge is 0.377 e. The lowest BCUT2D eigenvalue weighted by atomic mass is 10.2. The highest BCUT2D eigenvalue weighted by Crippen LogP contribution is 2.11. The van der Waals surface area contributed by atoms with Gasteiger partial charge in [0.15, 0.2) is 9.84 Å². The fourth-order valence-corrected chi connectivity index (χ4v) is 4.37. The van der Waals surface area contributed by atoms with Gasteiger partial charge >= 0.3 is 0 Å². The molecule has 1 N–H and O–H groups in total. The van der Waals surface area contributed by atoms with Gasteiger partial charge in [-0.3, -0.25) is 4.90 Å². The molecule has 2 aliphatic heterocycles. The molecule has 0 spiro atoms. The second-order valence-electron chi connectivity index (χ2n) is 5.39. The van der Waals surface area contributed by atoms with Crippen LogP contribution in [0.25, 0.3) is 0 Å². The molecule has 2 heterocycles. The second-order valence-corrected chi connectivity index (χ2v) is 7.62. The maximum atomic E-state index is 11.3. The fourth-order valence-electron chi connectivity index (χ4n) is 2.67. The number of hydrogen-bond donors (Lipinski definition) is 1. The van der Waals surface area contributed by atoms with E-state index in [9.17, 15) is 8.42 Å². The quantitative estimate of drug-likeness (QED) is 0.775. The topological polar surface area (TPSA) is 58.6 Å². The van der Waals surface area contributed by atoms with E-state index >= 15 is 0 Å². The van der Waals surface area contributed by atoms with E-state index in [-0.39, 0.29) is 6.04 Å². The molecule has 2 aliphatic rings. The standard InChI is InChI=1S/C12H24N2O3S/c1-11-9-14(5-2-7-17-11)6-4-13-12-3-8-18(15,16)10-12/h11-13H,2-10H2,1H3. The summed E-state index contributed by atoms with van der Waals surface area (Å²) in [5.74, 6) is 0.659. The van der Waals surface area contributed by atoms with E-state index in [1.54, 1.807) is 0 Å². The molecule has 0 saturated carbocycles. The number of sulfone groups is 1. The first-order chi connectivity index (χ1) is 8.55. The van der Waals surface area contributed by atoms with Gasteiger partial charge in [0, 0.05) is 38.8 Å². The fraction of sp³-hybridized carbons (Fsp3) is 1.00. The highest BCUT2D eigenvalue weighted by Gasteiger charge is 2.27. The Bertz CT molecular complexity index is 358. The molecule has 6 heteroatoms. The molecule has 2 atom stereocenters. The van der Waals surface area contributed by atoms with Crippen LogP contribution in [0.1, 0.15) is 19.8 Å². The molecule has 0 aromatic heterocycles. The Hall–Kier alpha value is -0.170. The van der Waals surface area contributed by atoms with Crippen molar-refractivity contribution >= 4 is 9.84 Å². The smallest absolute Gasteiger partial charge is 0.151 e. The molecule has 2 fully saturated rings. The Morgan fingerprint density at radius 1 is 1.44 bits per heavy atom. The van der Waals surface area contributed by atoms with E-state index in [1.165, 1.54) is 0 Å². The van der Waals surface area contributed by atoms with E-state index < -0.39 is 9.84 Å². The second kappa shape index (κ2) is 6.32. The average Bonchev–Trinajstić information content (AvgIpc) is 2.51. The summed E-state index contributed by atoms with van der Waals surface area (Å²) in [6.07, 6.45) is 2.16. The van der Waals surface area contributed by atoms with Crippen LogP contribution in [0.15, 0.2) is 0 Å². The predicted molar refractivity (Wildman–Crippen MR) is 71.5 cm³/mol. The van der Waals surface area contributed by atoms with Crippen molar-refractivity contribution in [3.63, 3.8) is 0 Å². The average molecular weight is 276 g/mol. The van der Waals surface area contributed by atoms with Crippen molar-refractivity contribution in [2.45, 2.75) is 31.9 Å². The molecular formula is C12H24N2O3S. The Labute approximate surface area is 110 Å². The first-order valence-corrected chi connectivity index (χ1v) is 8.65. The Balaban J connectivity index is 1.66. The zero-order valence-corrected chi connectivity index (χ0v) is 11.9. The number of rotatable bonds is 4. The maximum Gasteiger partial charge on any atom is 0.151 e. The molecule has 2 rings (SSSR count). The minimum Gasteiger partial charge on any atom is -0.377 e. The summed E-state index contributed by atoms with van der Waals surface area (Å²) in [6.45, 7) is 6.86. The zero-order valence-electron chi connectivity index (χ0n) is 11.1. The van der Waals surface area contributed by atoms with Crippen molar-refractivity contribution < 1.29 is 13.2 Å². The van der Waals surface area contributed by atoms with Crippen molar-refractivity contribution in [2.75, 3.05) is 44.3 Å². The molecule has 0 aromatic carbocycles. The van der Waals surface area contributed by atoms with Crippen molar-refractivity contribution in [1.29, 1.82) is 0 Å². The van der Waals surface area contributed by atoms with Gasteiger partial charge in [0.1, 0.15) is 0 Å².